The first-order valence-corrected chi connectivity index (χ1v) is 10.0. The Balaban J connectivity index is 1.82. The van der Waals surface area contributed by atoms with Gasteiger partial charge in [0.15, 0.2) is 0 Å². The number of rotatable bonds is 5. The molecule has 0 aliphatic carbocycles. The van der Waals surface area contributed by atoms with Gasteiger partial charge in [0.05, 0.1) is 25.4 Å². The van der Waals surface area contributed by atoms with E-state index in [9.17, 15) is 0 Å². The molecule has 0 aliphatic heterocycles. The molecular formula is C24H20INO2. The van der Waals surface area contributed by atoms with Crippen LogP contribution >= 0.6 is 22.6 Å². The summed E-state index contributed by atoms with van der Waals surface area (Å²) in [5.41, 5.74) is 5.69. The summed E-state index contributed by atoms with van der Waals surface area (Å²) >= 11 is 2.38. The van der Waals surface area contributed by atoms with Gasteiger partial charge in [0.2, 0.25) is 0 Å². The quantitative estimate of drug-likeness (QED) is 0.325. The number of nitrogens with one attached hydrogen (secondary N) is 1. The number of aromatic amines is 1. The van der Waals surface area contributed by atoms with Gasteiger partial charge in [-0.25, -0.2) is 0 Å². The molecule has 0 saturated carbocycles. The van der Waals surface area contributed by atoms with Gasteiger partial charge >= 0.3 is 0 Å². The number of hydrogen-bond acceptors (Lipinski definition) is 2. The van der Waals surface area contributed by atoms with E-state index in [-0.39, 0.29) is 0 Å². The molecule has 28 heavy (non-hydrogen) atoms. The summed E-state index contributed by atoms with van der Waals surface area (Å²) < 4.78 is 11.8. The highest BCUT2D eigenvalue weighted by Gasteiger charge is 2.13. The van der Waals surface area contributed by atoms with E-state index in [0.29, 0.717) is 0 Å². The van der Waals surface area contributed by atoms with Crippen LogP contribution in [0, 0.1) is 3.57 Å². The monoisotopic (exact) mass is 481 g/mol. The first kappa shape index (κ1) is 18.6. The summed E-state index contributed by atoms with van der Waals surface area (Å²) in [5.74, 6) is 1.71. The fourth-order valence-electron chi connectivity index (χ4n) is 3.26. The summed E-state index contributed by atoms with van der Waals surface area (Å²) in [6.07, 6.45) is 4.31. The van der Waals surface area contributed by atoms with Gasteiger partial charge in [-0.3, -0.25) is 0 Å². The molecule has 1 aromatic heterocycles. The zero-order chi connectivity index (χ0) is 19.5. The molecule has 0 atom stereocenters. The lowest BCUT2D eigenvalue weighted by atomic mass is 10.0. The zero-order valence-electron chi connectivity index (χ0n) is 15.7. The molecule has 0 amide bonds. The van der Waals surface area contributed by atoms with Gasteiger partial charge in [0, 0.05) is 14.5 Å². The topological polar surface area (TPSA) is 34.2 Å². The molecule has 4 heteroatoms. The van der Waals surface area contributed by atoms with Crippen molar-refractivity contribution in [3.8, 4) is 22.8 Å². The van der Waals surface area contributed by atoms with Crippen LogP contribution in [0.4, 0.5) is 0 Å². The Kier molecular flexibility index (Phi) is 5.39. The van der Waals surface area contributed by atoms with Crippen LogP contribution in [0.25, 0.3) is 34.3 Å². The second kappa shape index (κ2) is 8.10. The van der Waals surface area contributed by atoms with Crippen LogP contribution in [0.3, 0.4) is 0 Å². The highest BCUT2D eigenvalue weighted by molar-refractivity contribution is 14.1. The third-order valence-electron chi connectivity index (χ3n) is 4.76. The van der Waals surface area contributed by atoms with Crippen molar-refractivity contribution in [2.45, 2.75) is 0 Å². The second-order valence-electron chi connectivity index (χ2n) is 6.41. The smallest absolute Gasteiger partial charge is 0.118 e. The van der Waals surface area contributed by atoms with Crippen molar-refractivity contribution in [3.05, 3.63) is 81.4 Å². The van der Waals surface area contributed by atoms with Crippen LogP contribution in [0.15, 0.2) is 66.7 Å². The lowest BCUT2D eigenvalue weighted by molar-refractivity contribution is 0.414. The number of H-pyrrole nitrogens is 1. The van der Waals surface area contributed by atoms with Crippen LogP contribution in [0.2, 0.25) is 0 Å². The van der Waals surface area contributed by atoms with Gasteiger partial charge in [-0.1, -0.05) is 36.4 Å². The summed E-state index contributed by atoms with van der Waals surface area (Å²) in [5, 5.41) is 1.21. The minimum Gasteiger partial charge on any atom is -0.497 e. The third-order valence-corrected chi connectivity index (χ3v) is 5.66. The van der Waals surface area contributed by atoms with Crippen molar-refractivity contribution in [2.75, 3.05) is 14.2 Å². The Hall–Kier alpha value is -2.73. The highest BCUT2D eigenvalue weighted by atomic mass is 127. The predicted molar refractivity (Wildman–Crippen MR) is 125 cm³/mol. The Morgan fingerprint density at radius 2 is 1.43 bits per heavy atom. The average Bonchev–Trinajstić information content (AvgIpc) is 3.12. The standard InChI is InChI=1S/C24H20INO2/c1-27-18-11-6-16(7-12-18)8-15-21-20-4-3-5-22(25)24(20)26-23(21)17-9-13-19(28-2)14-10-17/h3-15,26H,1-2H3. The zero-order valence-corrected chi connectivity index (χ0v) is 17.9. The minimum absolute atomic E-state index is 0.852. The first-order valence-electron chi connectivity index (χ1n) is 8.96. The number of halogens is 1. The van der Waals surface area contributed by atoms with E-state index in [4.69, 9.17) is 9.47 Å². The molecule has 1 heterocycles. The molecule has 0 fully saturated rings. The molecule has 4 rings (SSSR count). The Labute approximate surface area is 178 Å². The predicted octanol–water partition coefficient (Wildman–Crippen LogP) is 6.63. The maximum Gasteiger partial charge on any atom is 0.118 e. The Morgan fingerprint density at radius 3 is 2.07 bits per heavy atom. The van der Waals surface area contributed by atoms with Crippen molar-refractivity contribution in [3.63, 3.8) is 0 Å². The number of methoxy groups -OCH3 is 2. The van der Waals surface area contributed by atoms with Gasteiger partial charge in [-0.15, -0.1) is 0 Å². The maximum atomic E-state index is 5.30. The van der Waals surface area contributed by atoms with Gasteiger partial charge in [-0.05, 0) is 76.2 Å². The summed E-state index contributed by atoms with van der Waals surface area (Å²) in [4.78, 5) is 3.62. The molecule has 1 N–H and O–H groups in total. The molecule has 0 radical (unpaired) electrons. The maximum absolute atomic E-state index is 5.30. The normalized spacial score (nSPS) is 11.2. The van der Waals surface area contributed by atoms with Gasteiger partial charge in [0.1, 0.15) is 11.5 Å². The lowest BCUT2D eigenvalue weighted by Crippen LogP contribution is -1.84. The van der Waals surface area contributed by atoms with Crippen molar-refractivity contribution < 1.29 is 9.47 Å². The lowest BCUT2D eigenvalue weighted by Gasteiger charge is -2.04. The molecule has 3 nitrogen and oxygen atoms in total. The van der Waals surface area contributed by atoms with E-state index in [2.05, 4.69) is 82.2 Å². The van der Waals surface area contributed by atoms with E-state index in [1.807, 2.05) is 24.3 Å². The van der Waals surface area contributed by atoms with Crippen LogP contribution in [-0.4, -0.2) is 19.2 Å². The molecule has 4 aromatic rings. The fourth-order valence-corrected chi connectivity index (χ4v) is 3.89. The summed E-state index contributed by atoms with van der Waals surface area (Å²) in [6.45, 7) is 0. The fraction of sp³-hybridized carbons (Fsp3) is 0.0833. The van der Waals surface area contributed by atoms with Crippen molar-refractivity contribution in [2.24, 2.45) is 0 Å². The molecule has 0 saturated heterocycles. The average molecular weight is 481 g/mol. The molecule has 0 spiro atoms. The minimum atomic E-state index is 0.852. The number of para-hydroxylation sites is 1. The third kappa shape index (κ3) is 3.64. The van der Waals surface area contributed by atoms with Crippen LogP contribution in [0.1, 0.15) is 11.1 Å². The van der Waals surface area contributed by atoms with E-state index >= 15 is 0 Å². The van der Waals surface area contributed by atoms with Gasteiger partial charge < -0.3 is 14.5 Å². The van der Waals surface area contributed by atoms with Crippen molar-refractivity contribution >= 4 is 45.6 Å². The van der Waals surface area contributed by atoms with E-state index in [1.54, 1.807) is 14.2 Å². The van der Waals surface area contributed by atoms with Crippen molar-refractivity contribution in [1.29, 1.82) is 0 Å². The molecule has 0 aliphatic rings. The Bertz CT molecular complexity index is 1130. The number of hydrogen-bond donors (Lipinski definition) is 1. The van der Waals surface area contributed by atoms with Crippen LogP contribution < -0.4 is 9.47 Å². The van der Waals surface area contributed by atoms with E-state index < -0.39 is 0 Å². The van der Waals surface area contributed by atoms with Gasteiger partial charge in [-0.2, -0.15) is 0 Å². The molecular weight excluding hydrogens is 461 g/mol. The number of fused-ring (bicyclic) bond motifs is 1. The number of benzene rings is 3. The number of aromatic nitrogens is 1. The summed E-state index contributed by atoms with van der Waals surface area (Å²) in [7, 11) is 3.36. The largest absolute Gasteiger partial charge is 0.497 e. The Morgan fingerprint density at radius 1 is 0.786 bits per heavy atom. The van der Waals surface area contributed by atoms with E-state index in [1.165, 1.54) is 14.5 Å². The second-order valence-corrected chi connectivity index (χ2v) is 7.57. The van der Waals surface area contributed by atoms with Crippen molar-refractivity contribution in [1.82, 2.24) is 4.98 Å². The SMILES string of the molecule is COc1ccc(C=Cc2c(-c3ccc(OC)cc3)[nH]c3c(I)cccc23)cc1. The van der Waals surface area contributed by atoms with Crippen LogP contribution in [-0.2, 0) is 0 Å². The molecule has 0 unspecified atom stereocenters. The number of ether oxygens (including phenoxy) is 2. The first-order chi connectivity index (χ1) is 13.7. The molecule has 0 bridgehead atoms. The van der Waals surface area contributed by atoms with Gasteiger partial charge in [0.25, 0.3) is 0 Å². The van der Waals surface area contributed by atoms with E-state index in [0.717, 1.165) is 33.8 Å². The highest BCUT2D eigenvalue weighted by Crippen LogP contribution is 2.34. The van der Waals surface area contributed by atoms with Crippen LogP contribution in [0.5, 0.6) is 11.5 Å². The summed E-state index contributed by atoms with van der Waals surface area (Å²) in [6, 6.07) is 22.6. The molecule has 140 valence electrons. The molecule has 3 aromatic carbocycles.